The van der Waals surface area contributed by atoms with Crippen molar-refractivity contribution in [2.24, 2.45) is 0 Å². The minimum atomic E-state index is 0. The van der Waals surface area contributed by atoms with Crippen LogP contribution in [-0.2, 0) is 4.79 Å². The van der Waals surface area contributed by atoms with Crippen molar-refractivity contribution in [3.63, 3.8) is 0 Å². The number of nitrogens with zero attached hydrogens (tertiary/aromatic N) is 2. The molecule has 0 bridgehead atoms. The first-order chi connectivity index (χ1) is 13.2. The summed E-state index contributed by atoms with van der Waals surface area (Å²) in [5, 5.41) is 4.36. The quantitative estimate of drug-likeness (QED) is 0.669. The first-order valence-electron chi connectivity index (χ1n) is 9.41. The number of amides is 2. The molecule has 1 aromatic carbocycles. The van der Waals surface area contributed by atoms with Crippen molar-refractivity contribution in [3.05, 3.63) is 35.2 Å². The molecule has 2 fully saturated rings. The van der Waals surface area contributed by atoms with E-state index in [9.17, 15) is 9.59 Å². The number of hydrogen-bond acceptors (Lipinski definition) is 5. The molecule has 1 atom stereocenters. The first kappa shape index (κ1) is 19.6. The predicted molar refractivity (Wildman–Crippen MR) is 118 cm³/mol. The number of halogens is 1. The molecule has 8 heteroatoms. The van der Waals surface area contributed by atoms with E-state index >= 15 is 0 Å². The number of carbonyl (C=O) groups excluding carboxylic acids is 2. The van der Waals surface area contributed by atoms with Crippen molar-refractivity contribution >= 4 is 66.4 Å². The van der Waals surface area contributed by atoms with Gasteiger partial charge in [-0.1, -0.05) is 18.2 Å². The number of benzene rings is 1. The number of hydrogen-bond donors (Lipinski definition) is 1. The summed E-state index contributed by atoms with van der Waals surface area (Å²) in [6.07, 6.45) is 1.94. The Morgan fingerprint density at radius 3 is 2.86 bits per heavy atom. The number of piperazine rings is 1. The van der Waals surface area contributed by atoms with Crippen LogP contribution in [0.15, 0.2) is 30.3 Å². The topological polar surface area (TPSA) is 52.7 Å². The highest BCUT2D eigenvalue weighted by molar-refractivity contribution is 7.33. The lowest BCUT2D eigenvalue weighted by molar-refractivity contribution is -0.135. The van der Waals surface area contributed by atoms with E-state index in [-0.39, 0.29) is 30.3 Å². The lowest BCUT2D eigenvalue weighted by atomic mass is 10.0. The highest BCUT2D eigenvalue weighted by Gasteiger charge is 2.32. The van der Waals surface area contributed by atoms with E-state index in [0.717, 1.165) is 37.4 Å². The summed E-state index contributed by atoms with van der Waals surface area (Å²) >= 11 is 3.35. The molecule has 2 saturated heterocycles. The third-order valence-corrected chi connectivity index (χ3v) is 7.91. The largest absolute Gasteiger partial charge is 0.336 e. The Balaban J connectivity index is 0.00000192. The summed E-state index contributed by atoms with van der Waals surface area (Å²) in [5.41, 5.74) is 0. The summed E-state index contributed by atoms with van der Waals surface area (Å²) in [5.74, 6) is 0.267. The van der Waals surface area contributed by atoms with Gasteiger partial charge in [-0.2, -0.15) is 0 Å². The summed E-state index contributed by atoms with van der Waals surface area (Å²) in [6, 6.07) is 10.6. The van der Waals surface area contributed by atoms with E-state index < -0.39 is 0 Å². The Hall–Kier alpha value is -1.67. The Morgan fingerprint density at radius 2 is 2.00 bits per heavy atom. The number of likely N-dealkylation sites (tertiary alicyclic amines) is 1. The molecule has 4 heterocycles. The zero-order chi connectivity index (χ0) is 18.4. The van der Waals surface area contributed by atoms with Crippen molar-refractivity contribution in [1.82, 2.24) is 15.1 Å². The van der Waals surface area contributed by atoms with Gasteiger partial charge in [0.05, 0.1) is 16.1 Å². The maximum Gasteiger partial charge on any atom is 0.264 e. The lowest BCUT2D eigenvalue weighted by Gasteiger charge is -2.41. The highest BCUT2D eigenvalue weighted by Crippen LogP contribution is 2.39. The van der Waals surface area contributed by atoms with Crippen LogP contribution in [0, 0.1) is 0 Å². The van der Waals surface area contributed by atoms with Crippen LogP contribution in [0.4, 0.5) is 0 Å². The number of rotatable bonds is 2. The maximum absolute atomic E-state index is 13.1. The second-order valence-corrected chi connectivity index (χ2v) is 9.35. The molecule has 28 heavy (non-hydrogen) atoms. The second kappa shape index (κ2) is 7.99. The summed E-state index contributed by atoms with van der Waals surface area (Å²) < 4.78 is 3.67. The monoisotopic (exact) mass is 435 g/mol. The van der Waals surface area contributed by atoms with Gasteiger partial charge in [0.1, 0.15) is 0 Å². The Bertz CT molecular complexity index is 1030. The number of piperidine rings is 1. The molecule has 0 radical (unpaired) electrons. The van der Waals surface area contributed by atoms with Crippen LogP contribution in [0.3, 0.4) is 0 Å². The van der Waals surface area contributed by atoms with Gasteiger partial charge in [-0.25, -0.2) is 0 Å². The Labute approximate surface area is 177 Å². The van der Waals surface area contributed by atoms with Gasteiger partial charge >= 0.3 is 0 Å². The minimum absolute atomic E-state index is 0. The van der Waals surface area contributed by atoms with Crippen molar-refractivity contribution in [1.29, 1.82) is 0 Å². The molecule has 2 aliphatic heterocycles. The summed E-state index contributed by atoms with van der Waals surface area (Å²) in [7, 11) is 0. The van der Waals surface area contributed by atoms with Crippen molar-refractivity contribution in [2.45, 2.75) is 18.9 Å². The number of carbonyl (C=O) groups is 2. The standard InChI is InChI=1S/C20H21N3O2S2.ClH/c24-18-11-21-7-9-23(18)13-4-3-8-22(12-13)20(25)17-10-16-19(27-17)14-5-1-2-6-15(14)26-16;/h1-2,5-6,10,13,21H,3-4,7-9,11-12H2;1H. The van der Waals surface area contributed by atoms with E-state index in [1.54, 1.807) is 22.7 Å². The maximum atomic E-state index is 13.1. The molecule has 2 aromatic heterocycles. The second-order valence-electron chi connectivity index (χ2n) is 7.21. The van der Waals surface area contributed by atoms with Crippen LogP contribution in [0.1, 0.15) is 22.5 Å². The molecular weight excluding hydrogens is 414 g/mol. The van der Waals surface area contributed by atoms with Gasteiger partial charge in [0.25, 0.3) is 5.91 Å². The minimum Gasteiger partial charge on any atom is -0.336 e. The van der Waals surface area contributed by atoms with Gasteiger partial charge in [-0.15, -0.1) is 35.1 Å². The molecule has 0 spiro atoms. The highest BCUT2D eigenvalue weighted by atomic mass is 35.5. The van der Waals surface area contributed by atoms with Gasteiger partial charge in [-0.05, 0) is 25.0 Å². The smallest absolute Gasteiger partial charge is 0.264 e. The summed E-state index contributed by atoms with van der Waals surface area (Å²) in [6.45, 7) is 3.42. The molecule has 0 saturated carbocycles. The van der Waals surface area contributed by atoms with Crippen molar-refractivity contribution in [2.75, 3.05) is 32.7 Å². The molecule has 1 unspecified atom stereocenters. The molecule has 0 aliphatic carbocycles. The van der Waals surface area contributed by atoms with Crippen LogP contribution >= 0.6 is 35.1 Å². The fourth-order valence-corrected chi connectivity index (χ4v) is 6.65. The van der Waals surface area contributed by atoms with Crippen molar-refractivity contribution < 1.29 is 9.59 Å². The van der Waals surface area contributed by atoms with E-state index in [4.69, 9.17) is 0 Å². The van der Waals surface area contributed by atoms with Crippen LogP contribution in [-0.4, -0.2) is 60.4 Å². The molecular formula is C20H22ClN3O2S2. The van der Waals surface area contributed by atoms with Gasteiger partial charge in [0.2, 0.25) is 5.91 Å². The fraction of sp³-hybridized carbons (Fsp3) is 0.400. The Morgan fingerprint density at radius 1 is 1.14 bits per heavy atom. The zero-order valence-electron chi connectivity index (χ0n) is 15.3. The molecule has 2 aliphatic rings. The van der Waals surface area contributed by atoms with Crippen LogP contribution in [0.2, 0.25) is 0 Å². The van der Waals surface area contributed by atoms with Gasteiger partial charge in [0.15, 0.2) is 0 Å². The SMILES string of the molecule is Cl.O=C(c1cc2sc3ccccc3c2s1)N1CCCC(N2CCNCC2=O)C1. The molecule has 2 amide bonds. The van der Waals surface area contributed by atoms with Gasteiger partial charge < -0.3 is 15.1 Å². The van der Waals surface area contributed by atoms with Gasteiger partial charge in [0, 0.05) is 47.0 Å². The number of nitrogens with one attached hydrogen (secondary N) is 1. The van der Waals surface area contributed by atoms with E-state index in [2.05, 4.69) is 29.6 Å². The average Bonchev–Trinajstić information content (AvgIpc) is 3.26. The molecule has 148 valence electrons. The average molecular weight is 436 g/mol. The normalized spacial score (nSPS) is 20.6. The van der Waals surface area contributed by atoms with Crippen LogP contribution < -0.4 is 5.32 Å². The van der Waals surface area contributed by atoms with Crippen LogP contribution in [0.25, 0.3) is 19.5 Å². The lowest BCUT2D eigenvalue weighted by Crippen LogP contribution is -2.57. The number of thiophene rings is 2. The zero-order valence-corrected chi connectivity index (χ0v) is 17.8. The van der Waals surface area contributed by atoms with E-state index in [0.29, 0.717) is 13.1 Å². The number of fused-ring (bicyclic) bond motifs is 3. The Kier molecular flexibility index (Phi) is 5.60. The van der Waals surface area contributed by atoms with Crippen molar-refractivity contribution in [3.8, 4) is 0 Å². The molecule has 1 N–H and O–H groups in total. The first-order valence-corrected chi connectivity index (χ1v) is 11.0. The predicted octanol–water partition coefficient (Wildman–Crippen LogP) is 3.57. The summed E-state index contributed by atoms with van der Waals surface area (Å²) in [4.78, 5) is 30.1. The van der Waals surface area contributed by atoms with E-state index in [1.165, 1.54) is 19.5 Å². The molecule has 5 rings (SSSR count). The molecule has 5 nitrogen and oxygen atoms in total. The van der Waals surface area contributed by atoms with Crippen LogP contribution in [0.5, 0.6) is 0 Å². The van der Waals surface area contributed by atoms with Gasteiger partial charge in [-0.3, -0.25) is 9.59 Å². The third-order valence-electron chi connectivity index (χ3n) is 5.51. The third kappa shape index (κ3) is 3.41. The van der Waals surface area contributed by atoms with E-state index in [1.807, 2.05) is 15.9 Å². The molecule has 3 aromatic rings. The fourth-order valence-electron chi connectivity index (χ4n) is 4.16.